The van der Waals surface area contributed by atoms with Crippen LogP contribution in [-0.2, 0) is 13.1 Å². The molecule has 3 nitrogen and oxygen atoms in total. The van der Waals surface area contributed by atoms with Crippen LogP contribution in [0.3, 0.4) is 0 Å². The number of rotatable bonds is 8. The van der Waals surface area contributed by atoms with E-state index in [-0.39, 0.29) is 0 Å². The fourth-order valence-corrected chi connectivity index (χ4v) is 3.02. The molecule has 0 bridgehead atoms. The summed E-state index contributed by atoms with van der Waals surface area (Å²) in [5, 5.41) is 0.656. The van der Waals surface area contributed by atoms with Crippen LogP contribution >= 0.6 is 11.6 Å². The van der Waals surface area contributed by atoms with E-state index < -0.39 is 0 Å². The molecule has 0 aliphatic rings. The minimum atomic E-state index is 0.579. The number of halogens is 1. The van der Waals surface area contributed by atoms with Crippen LogP contribution in [0.4, 0.5) is 0 Å². The highest BCUT2D eigenvalue weighted by atomic mass is 35.5. The number of benzene rings is 2. The first-order valence-electron chi connectivity index (χ1n) is 8.72. The van der Waals surface area contributed by atoms with Gasteiger partial charge in [-0.05, 0) is 30.7 Å². The van der Waals surface area contributed by atoms with E-state index in [1.807, 2.05) is 30.3 Å². The molecule has 0 unspecified atom stereocenters. The molecular formula is C21H23ClN2O. The lowest BCUT2D eigenvalue weighted by atomic mass is 10.2. The quantitative estimate of drug-likeness (QED) is 0.512. The molecule has 4 heteroatoms. The fraction of sp³-hybridized carbons (Fsp3) is 0.286. The van der Waals surface area contributed by atoms with Gasteiger partial charge >= 0.3 is 0 Å². The summed E-state index contributed by atoms with van der Waals surface area (Å²) in [5.41, 5.74) is 3.08. The van der Waals surface area contributed by atoms with Crippen molar-refractivity contribution in [2.75, 3.05) is 6.54 Å². The second-order valence-corrected chi connectivity index (χ2v) is 6.58. The van der Waals surface area contributed by atoms with Crippen molar-refractivity contribution in [3.63, 3.8) is 0 Å². The van der Waals surface area contributed by atoms with E-state index in [0.717, 1.165) is 30.9 Å². The molecule has 1 heterocycles. The van der Waals surface area contributed by atoms with Crippen LogP contribution in [0.1, 0.15) is 31.0 Å². The Bertz CT molecular complexity index is 785. The lowest BCUT2D eigenvalue weighted by molar-refractivity contribution is 0.249. The molecule has 0 amide bonds. The molecule has 1 aromatic heterocycles. The molecule has 0 atom stereocenters. The number of nitrogens with zero attached hydrogens (tertiary/aromatic N) is 2. The zero-order chi connectivity index (χ0) is 17.5. The highest BCUT2D eigenvalue weighted by Gasteiger charge is 2.13. The van der Waals surface area contributed by atoms with Gasteiger partial charge in [0.1, 0.15) is 6.26 Å². The molecule has 0 saturated carbocycles. The molecule has 0 aliphatic carbocycles. The monoisotopic (exact) mass is 354 g/mol. The smallest absolute Gasteiger partial charge is 0.227 e. The Labute approximate surface area is 154 Å². The summed E-state index contributed by atoms with van der Waals surface area (Å²) in [5.74, 6) is 0.579. The van der Waals surface area contributed by atoms with Crippen LogP contribution < -0.4 is 0 Å². The highest BCUT2D eigenvalue weighted by molar-refractivity contribution is 6.33. The lowest BCUT2D eigenvalue weighted by Gasteiger charge is -2.21. The van der Waals surface area contributed by atoms with E-state index in [9.17, 15) is 0 Å². The first-order valence-corrected chi connectivity index (χ1v) is 9.09. The second-order valence-electron chi connectivity index (χ2n) is 6.17. The number of hydrogen-bond acceptors (Lipinski definition) is 3. The van der Waals surface area contributed by atoms with E-state index in [1.54, 1.807) is 6.26 Å². The first-order chi connectivity index (χ1) is 12.3. The lowest BCUT2D eigenvalue weighted by Crippen LogP contribution is -2.24. The van der Waals surface area contributed by atoms with Crippen LogP contribution in [0, 0.1) is 0 Å². The standard InChI is InChI=1S/C21H23ClN2O/c1-2-3-13-24(14-17-9-5-4-6-10-17)15-18-16-25-21(23-18)19-11-7-8-12-20(19)22/h4-12,16H,2-3,13-15H2,1H3. The van der Waals surface area contributed by atoms with Gasteiger partial charge in [0, 0.05) is 13.1 Å². The molecule has 130 valence electrons. The Kier molecular flexibility index (Phi) is 6.26. The Morgan fingerprint density at radius 3 is 2.52 bits per heavy atom. The van der Waals surface area contributed by atoms with Gasteiger partial charge in [-0.25, -0.2) is 4.98 Å². The second kappa shape index (κ2) is 8.84. The topological polar surface area (TPSA) is 29.3 Å². The average molecular weight is 355 g/mol. The van der Waals surface area contributed by atoms with Crippen LogP contribution in [-0.4, -0.2) is 16.4 Å². The zero-order valence-electron chi connectivity index (χ0n) is 14.5. The third kappa shape index (κ3) is 4.94. The van der Waals surface area contributed by atoms with Crippen molar-refractivity contribution in [3.05, 3.63) is 77.1 Å². The third-order valence-electron chi connectivity index (χ3n) is 4.12. The van der Waals surface area contributed by atoms with Gasteiger partial charge in [-0.2, -0.15) is 0 Å². The van der Waals surface area contributed by atoms with E-state index in [1.165, 1.54) is 18.4 Å². The van der Waals surface area contributed by atoms with Crippen molar-refractivity contribution < 1.29 is 4.42 Å². The number of hydrogen-bond donors (Lipinski definition) is 0. The van der Waals surface area contributed by atoms with Gasteiger partial charge in [0.05, 0.1) is 16.3 Å². The van der Waals surface area contributed by atoms with Crippen molar-refractivity contribution in [2.45, 2.75) is 32.9 Å². The van der Waals surface area contributed by atoms with Crippen LogP contribution in [0.5, 0.6) is 0 Å². The Balaban J connectivity index is 1.72. The van der Waals surface area contributed by atoms with E-state index in [0.29, 0.717) is 10.9 Å². The van der Waals surface area contributed by atoms with Crippen molar-refractivity contribution in [3.8, 4) is 11.5 Å². The zero-order valence-corrected chi connectivity index (χ0v) is 15.2. The van der Waals surface area contributed by atoms with Crippen molar-refractivity contribution in [1.82, 2.24) is 9.88 Å². The van der Waals surface area contributed by atoms with Gasteiger partial charge in [-0.3, -0.25) is 4.90 Å². The van der Waals surface area contributed by atoms with Crippen LogP contribution in [0.15, 0.2) is 65.3 Å². The van der Waals surface area contributed by atoms with Crippen molar-refractivity contribution in [1.29, 1.82) is 0 Å². The molecule has 0 spiro atoms. The summed E-state index contributed by atoms with van der Waals surface area (Å²) in [7, 11) is 0. The summed E-state index contributed by atoms with van der Waals surface area (Å²) < 4.78 is 5.66. The summed E-state index contributed by atoms with van der Waals surface area (Å²) >= 11 is 6.24. The summed E-state index contributed by atoms with van der Waals surface area (Å²) in [6.07, 6.45) is 4.08. The number of unbranched alkanes of at least 4 members (excludes halogenated alkanes) is 1. The number of aromatic nitrogens is 1. The van der Waals surface area contributed by atoms with Crippen LogP contribution in [0.25, 0.3) is 11.5 Å². The van der Waals surface area contributed by atoms with E-state index in [2.05, 4.69) is 41.1 Å². The highest BCUT2D eigenvalue weighted by Crippen LogP contribution is 2.27. The molecule has 0 radical (unpaired) electrons. The van der Waals surface area contributed by atoms with Gasteiger partial charge in [-0.1, -0.05) is 67.4 Å². The largest absolute Gasteiger partial charge is 0.444 e. The minimum absolute atomic E-state index is 0.579. The SMILES string of the molecule is CCCCN(Cc1ccccc1)Cc1coc(-c2ccccc2Cl)n1. The third-order valence-corrected chi connectivity index (χ3v) is 4.45. The normalized spacial score (nSPS) is 11.2. The summed E-state index contributed by atoms with van der Waals surface area (Å²) in [4.78, 5) is 7.05. The van der Waals surface area contributed by atoms with Crippen molar-refractivity contribution in [2.24, 2.45) is 0 Å². The maximum absolute atomic E-state index is 6.24. The Morgan fingerprint density at radius 1 is 1.00 bits per heavy atom. The predicted molar refractivity (Wildman–Crippen MR) is 102 cm³/mol. The van der Waals surface area contributed by atoms with Gasteiger partial charge < -0.3 is 4.42 Å². The molecular weight excluding hydrogens is 332 g/mol. The molecule has 0 aliphatic heterocycles. The Morgan fingerprint density at radius 2 is 1.76 bits per heavy atom. The average Bonchev–Trinajstić information content (AvgIpc) is 3.09. The molecule has 0 N–H and O–H groups in total. The molecule has 2 aromatic carbocycles. The summed E-state index contributed by atoms with van der Waals surface area (Å²) in [6.45, 7) is 4.93. The van der Waals surface area contributed by atoms with Gasteiger partial charge in [0.2, 0.25) is 5.89 Å². The van der Waals surface area contributed by atoms with Crippen molar-refractivity contribution >= 4 is 11.6 Å². The van der Waals surface area contributed by atoms with E-state index >= 15 is 0 Å². The Hall–Kier alpha value is -2.10. The molecule has 0 fully saturated rings. The maximum atomic E-state index is 6.24. The fourth-order valence-electron chi connectivity index (χ4n) is 2.80. The van der Waals surface area contributed by atoms with E-state index in [4.69, 9.17) is 16.0 Å². The number of oxazole rings is 1. The van der Waals surface area contributed by atoms with Gasteiger partial charge in [0.25, 0.3) is 0 Å². The molecule has 3 aromatic rings. The molecule has 25 heavy (non-hydrogen) atoms. The first kappa shape index (κ1) is 17.7. The maximum Gasteiger partial charge on any atom is 0.227 e. The predicted octanol–water partition coefficient (Wildman–Crippen LogP) is 5.80. The molecule has 3 rings (SSSR count). The summed E-state index contributed by atoms with van der Waals surface area (Å²) in [6, 6.07) is 18.2. The van der Waals surface area contributed by atoms with Crippen LogP contribution in [0.2, 0.25) is 5.02 Å². The minimum Gasteiger partial charge on any atom is -0.444 e. The molecule has 0 saturated heterocycles. The van der Waals surface area contributed by atoms with Gasteiger partial charge in [-0.15, -0.1) is 0 Å². The van der Waals surface area contributed by atoms with Gasteiger partial charge in [0.15, 0.2) is 0 Å².